The van der Waals surface area contributed by atoms with E-state index in [0.29, 0.717) is 11.5 Å². The zero-order chi connectivity index (χ0) is 16.8. The number of amidine groups is 1. The zero-order valence-corrected chi connectivity index (χ0v) is 13.0. The molecule has 3 rings (SSSR count). The Morgan fingerprint density at radius 1 is 1.04 bits per heavy atom. The van der Waals surface area contributed by atoms with Crippen LogP contribution in [0.1, 0.15) is 11.1 Å². The Hall–Kier alpha value is -3.47. The summed E-state index contributed by atoms with van der Waals surface area (Å²) in [6.07, 6.45) is 3.01. The molecule has 0 atom stereocenters. The van der Waals surface area contributed by atoms with Gasteiger partial charge in [-0.2, -0.15) is 0 Å². The molecule has 0 aliphatic carbocycles. The summed E-state index contributed by atoms with van der Waals surface area (Å²) >= 11 is 0. The summed E-state index contributed by atoms with van der Waals surface area (Å²) in [4.78, 5) is 8.74. The van der Waals surface area contributed by atoms with Crippen molar-refractivity contribution in [2.45, 2.75) is 0 Å². The van der Waals surface area contributed by atoms with Gasteiger partial charge in [0.2, 0.25) is 0 Å². The van der Waals surface area contributed by atoms with Gasteiger partial charge < -0.3 is 16.5 Å². The SMILES string of the molecule is N=Cc1cccc(N=C(N)c2ccccc2Nc2ccccn2)c1. The fourth-order valence-electron chi connectivity index (χ4n) is 2.27. The van der Waals surface area contributed by atoms with E-state index in [1.165, 1.54) is 6.21 Å². The number of pyridine rings is 1. The van der Waals surface area contributed by atoms with Crippen LogP contribution in [-0.2, 0) is 0 Å². The third kappa shape index (κ3) is 3.64. The highest BCUT2D eigenvalue weighted by Crippen LogP contribution is 2.21. The zero-order valence-electron chi connectivity index (χ0n) is 13.0. The lowest BCUT2D eigenvalue weighted by Crippen LogP contribution is -2.15. The normalized spacial score (nSPS) is 11.1. The Morgan fingerprint density at radius 2 is 1.88 bits per heavy atom. The number of aromatic nitrogens is 1. The van der Waals surface area contributed by atoms with Crippen molar-refractivity contribution in [2.24, 2.45) is 10.7 Å². The number of nitrogens with two attached hydrogens (primary N) is 1. The quantitative estimate of drug-likeness (QED) is 0.493. The van der Waals surface area contributed by atoms with Crippen LogP contribution >= 0.6 is 0 Å². The highest BCUT2D eigenvalue weighted by Gasteiger charge is 2.07. The minimum Gasteiger partial charge on any atom is -0.383 e. The van der Waals surface area contributed by atoms with Gasteiger partial charge in [0, 0.05) is 18.0 Å². The van der Waals surface area contributed by atoms with Crippen LogP contribution in [0.2, 0.25) is 0 Å². The second-order valence-corrected chi connectivity index (χ2v) is 5.12. The van der Waals surface area contributed by atoms with Gasteiger partial charge in [0.1, 0.15) is 11.7 Å². The molecule has 0 radical (unpaired) electrons. The van der Waals surface area contributed by atoms with Crippen molar-refractivity contribution >= 4 is 29.2 Å². The van der Waals surface area contributed by atoms with Gasteiger partial charge in [-0.3, -0.25) is 0 Å². The lowest BCUT2D eigenvalue weighted by Gasteiger charge is -2.11. The summed E-state index contributed by atoms with van der Waals surface area (Å²) in [5, 5.41) is 10.6. The molecule has 5 nitrogen and oxygen atoms in total. The fourth-order valence-corrected chi connectivity index (χ4v) is 2.27. The van der Waals surface area contributed by atoms with Crippen LogP contribution in [0.3, 0.4) is 0 Å². The average Bonchev–Trinajstić information content (AvgIpc) is 2.63. The standard InChI is InChI=1S/C19H17N5/c20-13-14-6-5-7-15(12-14)23-19(21)16-8-1-2-9-17(16)24-18-10-3-4-11-22-18/h1-13,20H,(H2,21,23)(H,22,24). The largest absolute Gasteiger partial charge is 0.383 e. The van der Waals surface area contributed by atoms with Crippen molar-refractivity contribution in [3.8, 4) is 0 Å². The lowest BCUT2D eigenvalue weighted by atomic mass is 10.1. The molecule has 24 heavy (non-hydrogen) atoms. The van der Waals surface area contributed by atoms with Gasteiger partial charge in [-0.15, -0.1) is 0 Å². The first kappa shape index (κ1) is 15.4. The van der Waals surface area contributed by atoms with E-state index in [1.54, 1.807) is 6.20 Å². The van der Waals surface area contributed by atoms with Crippen LogP contribution in [-0.4, -0.2) is 17.0 Å². The number of rotatable bonds is 5. The Kier molecular flexibility index (Phi) is 4.62. The maximum absolute atomic E-state index is 7.32. The topological polar surface area (TPSA) is 87.2 Å². The van der Waals surface area contributed by atoms with E-state index in [-0.39, 0.29) is 0 Å². The molecule has 118 valence electrons. The smallest absolute Gasteiger partial charge is 0.133 e. The molecule has 4 N–H and O–H groups in total. The first-order valence-electron chi connectivity index (χ1n) is 7.48. The molecule has 0 aliphatic rings. The molecule has 0 fully saturated rings. The van der Waals surface area contributed by atoms with E-state index < -0.39 is 0 Å². The van der Waals surface area contributed by atoms with Gasteiger partial charge >= 0.3 is 0 Å². The number of anilines is 2. The van der Waals surface area contributed by atoms with E-state index >= 15 is 0 Å². The molecule has 1 heterocycles. The average molecular weight is 315 g/mol. The van der Waals surface area contributed by atoms with Gasteiger partial charge in [-0.25, -0.2) is 9.98 Å². The monoisotopic (exact) mass is 315 g/mol. The fraction of sp³-hybridized carbons (Fsp3) is 0. The summed E-state index contributed by atoms with van der Waals surface area (Å²) in [5.41, 5.74) is 9.33. The van der Waals surface area contributed by atoms with Crippen molar-refractivity contribution in [1.82, 2.24) is 4.98 Å². The molecule has 2 aromatic carbocycles. The minimum absolute atomic E-state index is 0.399. The molecular formula is C19H17N5. The van der Waals surface area contributed by atoms with Gasteiger partial charge in [0.25, 0.3) is 0 Å². The van der Waals surface area contributed by atoms with Crippen molar-refractivity contribution in [1.29, 1.82) is 5.41 Å². The van der Waals surface area contributed by atoms with Crippen molar-refractivity contribution in [2.75, 3.05) is 5.32 Å². The summed E-state index contributed by atoms with van der Waals surface area (Å²) in [5.74, 6) is 1.14. The van der Waals surface area contributed by atoms with Gasteiger partial charge in [0.05, 0.1) is 11.4 Å². The van der Waals surface area contributed by atoms with Gasteiger partial charge in [-0.1, -0.05) is 30.3 Å². The number of nitrogens with zero attached hydrogens (tertiary/aromatic N) is 2. The third-order valence-electron chi connectivity index (χ3n) is 3.42. The molecule has 0 spiro atoms. The number of hydrogen-bond acceptors (Lipinski definition) is 4. The maximum Gasteiger partial charge on any atom is 0.133 e. The highest BCUT2D eigenvalue weighted by molar-refractivity contribution is 6.04. The summed E-state index contributed by atoms with van der Waals surface area (Å²) < 4.78 is 0. The van der Waals surface area contributed by atoms with E-state index in [2.05, 4.69) is 15.3 Å². The summed E-state index contributed by atoms with van der Waals surface area (Å²) in [7, 11) is 0. The summed E-state index contributed by atoms with van der Waals surface area (Å²) in [6.45, 7) is 0. The van der Waals surface area contributed by atoms with Crippen molar-refractivity contribution in [3.05, 3.63) is 84.1 Å². The predicted octanol–water partition coefficient (Wildman–Crippen LogP) is 3.86. The van der Waals surface area contributed by atoms with E-state index in [0.717, 1.165) is 22.6 Å². The Bertz CT molecular complexity index is 872. The molecule has 3 aromatic rings. The van der Waals surface area contributed by atoms with E-state index in [9.17, 15) is 0 Å². The third-order valence-corrected chi connectivity index (χ3v) is 3.42. The highest BCUT2D eigenvalue weighted by atomic mass is 15.0. The first-order valence-corrected chi connectivity index (χ1v) is 7.48. The maximum atomic E-state index is 7.32. The van der Waals surface area contributed by atoms with Crippen LogP contribution in [0.5, 0.6) is 0 Å². The molecule has 0 saturated carbocycles. The van der Waals surface area contributed by atoms with Crippen molar-refractivity contribution in [3.63, 3.8) is 0 Å². The number of benzene rings is 2. The lowest BCUT2D eigenvalue weighted by molar-refractivity contribution is 1.30. The van der Waals surface area contributed by atoms with Crippen LogP contribution < -0.4 is 11.1 Å². The van der Waals surface area contributed by atoms with Crippen LogP contribution in [0.4, 0.5) is 17.2 Å². The van der Waals surface area contributed by atoms with Crippen molar-refractivity contribution < 1.29 is 0 Å². The van der Waals surface area contributed by atoms with E-state index in [1.807, 2.05) is 66.7 Å². The predicted molar refractivity (Wildman–Crippen MR) is 98.7 cm³/mol. The second-order valence-electron chi connectivity index (χ2n) is 5.12. The molecule has 5 heteroatoms. The Labute approximate surface area is 140 Å². The van der Waals surface area contributed by atoms with Gasteiger partial charge in [0.15, 0.2) is 0 Å². The summed E-state index contributed by atoms with van der Waals surface area (Å²) in [6, 6.07) is 20.7. The molecular weight excluding hydrogens is 298 g/mol. The first-order chi connectivity index (χ1) is 11.8. The Balaban J connectivity index is 1.93. The number of hydrogen-bond donors (Lipinski definition) is 3. The second kappa shape index (κ2) is 7.19. The van der Waals surface area contributed by atoms with Gasteiger partial charge in [-0.05, 0) is 42.0 Å². The van der Waals surface area contributed by atoms with Crippen LogP contribution in [0.25, 0.3) is 0 Å². The number of aliphatic imine (C=N–C) groups is 1. The molecule has 0 unspecified atom stereocenters. The Morgan fingerprint density at radius 3 is 2.67 bits per heavy atom. The molecule has 0 saturated heterocycles. The van der Waals surface area contributed by atoms with Crippen LogP contribution in [0, 0.1) is 5.41 Å². The van der Waals surface area contributed by atoms with Crippen LogP contribution in [0.15, 0.2) is 77.9 Å². The molecule has 1 aromatic heterocycles. The molecule has 0 aliphatic heterocycles. The number of nitrogens with one attached hydrogen (secondary N) is 2. The number of para-hydroxylation sites is 1. The molecule has 0 amide bonds. The van der Waals surface area contributed by atoms with E-state index in [4.69, 9.17) is 11.1 Å². The molecule has 0 bridgehead atoms. The minimum atomic E-state index is 0.399.